The average Bonchev–Trinajstić information content (AvgIpc) is 3.87. The van der Waals surface area contributed by atoms with Crippen molar-refractivity contribution in [3.63, 3.8) is 0 Å². The van der Waals surface area contributed by atoms with Crippen molar-refractivity contribution in [2.24, 2.45) is 18.9 Å². The van der Waals surface area contributed by atoms with E-state index in [9.17, 15) is 13.2 Å². The van der Waals surface area contributed by atoms with Crippen molar-refractivity contribution in [1.82, 2.24) is 25.2 Å². The van der Waals surface area contributed by atoms with Crippen LogP contribution >= 0.6 is 0 Å². The molecule has 11 heteroatoms. The van der Waals surface area contributed by atoms with Crippen LogP contribution in [-0.2, 0) is 26.3 Å². The summed E-state index contributed by atoms with van der Waals surface area (Å²) in [6.45, 7) is 4.08. The molecule has 2 aliphatic rings. The molecule has 4 aromatic rings. The second-order valence-electron chi connectivity index (χ2n) is 11.4. The van der Waals surface area contributed by atoms with Crippen molar-refractivity contribution in [2.45, 2.75) is 51.9 Å². The molecular formula is C30H34F3N7O. The largest absolute Gasteiger partial charge is 0.494 e. The molecule has 6 rings (SSSR count). The summed E-state index contributed by atoms with van der Waals surface area (Å²) in [5.41, 5.74) is 2.16. The number of rotatable bonds is 11. The van der Waals surface area contributed by atoms with E-state index >= 15 is 0 Å². The molecule has 2 aromatic carbocycles. The zero-order chi connectivity index (χ0) is 28.7. The molecule has 2 heterocycles. The van der Waals surface area contributed by atoms with Gasteiger partial charge in [-0.2, -0.15) is 18.0 Å². The van der Waals surface area contributed by atoms with Gasteiger partial charge in [0.1, 0.15) is 17.1 Å². The average molecular weight is 566 g/mol. The third kappa shape index (κ3) is 6.39. The molecule has 2 aromatic heterocycles. The molecular weight excluding hydrogens is 531 g/mol. The van der Waals surface area contributed by atoms with Gasteiger partial charge in [-0.15, -0.1) is 5.10 Å². The number of para-hydroxylation sites is 1. The van der Waals surface area contributed by atoms with Gasteiger partial charge in [0.2, 0.25) is 0 Å². The minimum Gasteiger partial charge on any atom is -0.494 e. The SMILES string of the molecule is COc1cccc2cc(CN(Cc3cc(C)cc(C(F)(F)F)c3)c3nnn(C)n3)c(N(CC3CC3)CC3CC3)nc12. The quantitative estimate of drug-likeness (QED) is 0.223. The molecule has 8 nitrogen and oxygen atoms in total. The van der Waals surface area contributed by atoms with Crippen molar-refractivity contribution in [1.29, 1.82) is 0 Å². The van der Waals surface area contributed by atoms with Gasteiger partial charge in [-0.25, -0.2) is 4.98 Å². The first kappa shape index (κ1) is 27.3. The van der Waals surface area contributed by atoms with Crippen molar-refractivity contribution in [3.8, 4) is 5.75 Å². The standard InChI is InChI=1S/C30H34F3N7O/c1-19-11-22(13-25(12-19)30(31,32)33)17-40(29-35-37-38(2)36-29)18-24-14-23-5-4-6-26(41-3)27(23)34-28(24)39(15-20-7-8-20)16-21-9-10-21/h4-6,11-14,20-21H,7-10,15-18H2,1-3H3. The van der Waals surface area contributed by atoms with Gasteiger partial charge in [0.25, 0.3) is 5.95 Å². The Kier molecular flexibility index (Phi) is 7.21. The Hall–Kier alpha value is -3.89. The number of halogens is 3. The van der Waals surface area contributed by atoms with Crippen LogP contribution in [0.2, 0.25) is 0 Å². The van der Waals surface area contributed by atoms with Crippen LogP contribution in [0.1, 0.15) is 47.9 Å². The molecule has 0 bridgehead atoms. The number of hydrogen-bond acceptors (Lipinski definition) is 7. The van der Waals surface area contributed by atoms with Gasteiger partial charge < -0.3 is 14.5 Å². The van der Waals surface area contributed by atoms with Crippen LogP contribution in [-0.4, -0.2) is 45.4 Å². The van der Waals surface area contributed by atoms with Crippen LogP contribution in [0.15, 0.2) is 42.5 Å². The van der Waals surface area contributed by atoms with Crippen molar-refractivity contribution in [3.05, 3.63) is 64.7 Å². The number of benzene rings is 2. The maximum absolute atomic E-state index is 13.7. The fourth-order valence-corrected chi connectivity index (χ4v) is 5.37. The van der Waals surface area contributed by atoms with Gasteiger partial charge in [-0.05, 0) is 79.5 Å². The van der Waals surface area contributed by atoms with Crippen LogP contribution in [0.5, 0.6) is 5.75 Å². The molecule has 2 aliphatic carbocycles. The van der Waals surface area contributed by atoms with Crippen molar-refractivity contribution in [2.75, 3.05) is 30.0 Å². The molecule has 0 amide bonds. The van der Waals surface area contributed by atoms with Crippen LogP contribution < -0.4 is 14.5 Å². The zero-order valence-electron chi connectivity index (χ0n) is 23.5. The Bertz CT molecular complexity index is 1530. The van der Waals surface area contributed by atoms with Crippen LogP contribution in [0, 0.1) is 18.8 Å². The predicted octanol–water partition coefficient (Wildman–Crippen LogP) is 5.93. The van der Waals surface area contributed by atoms with Gasteiger partial charge in [-0.1, -0.05) is 28.9 Å². The van der Waals surface area contributed by atoms with E-state index in [0.717, 1.165) is 35.4 Å². The van der Waals surface area contributed by atoms with Crippen LogP contribution in [0.3, 0.4) is 0 Å². The van der Waals surface area contributed by atoms with E-state index in [1.807, 2.05) is 23.1 Å². The summed E-state index contributed by atoms with van der Waals surface area (Å²) in [4.78, 5) is 10.8. The van der Waals surface area contributed by atoms with E-state index in [0.29, 0.717) is 41.2 Å². The molecule has 0 aliphatic heterocycles. The summed E-state index contributed by atoms with van der Waals surface area (Å²) in [7, 11) is 3.32. The number of aromatic nitrogens is 5. The van der Waals surface area contributed by atoms with Crippen LogP contribution in [0.25, 0.3) is 10.9 Å². The van der Waals surface area contributed by atoms with Gasteiger partial charge in [-0.3, -0.25) is 0 Å². The maximum atomic E-state index is 13.7. The second-order valence-corrected chi connectivity index (χ2v) is 11.4. The molecule has 2 saturated carbocycles. The fraction of sp³-hybridized carbons (Fsp3) is 0.467. The summed E-state index contributed by atoms with van der Waals surface area (Å²) in [6.07, 6.45) is 0.447. The summed E-state index contributed by atoms with van der Waals surface area (Å²) < 4.78 is 46.6. The molecule has 0 N–H and O–H groups in total. The smallest absolute Gasteiger partial charge is 0.416 e. The summed E-state index contributed by atoms with van der Waals surface area (Å²) in [6, 6.07) is 12.1. The Labute approximate surface area is 237 Å². The molecule has 41 heavy (non-hydrogen) atoms. The first-order valence-electron chi connectivity index (χ1n) is 14.0. The number of pyridine rings is 1. The minimum absolute atomic E-state index is 0.178. The third-order valence-corrected chi connectivity index (χ3v) is 7.72. The molecule has 0 saturated heterocycles. The number of tetrazole rings is 1. The second kappa shape index (κ2) is 10.8. The molecule has 216 valence electrons. The van der Waals surface area contributed by atoms with Crippen LogP contribution in [0.4, 0.5) is 24.9 Å². The Balaban J connectivity index is 1.43. The highest BCUT2D eigenvalue weighted by atomic mass is 19.4. The third-order valence-electron chi connectivity index (χ3n) is 7.72. The predicted molar refractivity (Wildman–Crippen MR) is 151 cm³/mol. The number of anilines is 2. The van der Waals surface area contributed by atoms with Crippen molar-refractivity contribution < 1.29 is 17.9 Å². The Morgan fingerprint density at radius 2 is 1.71 bits per heavy atom. The number of methoxy groups -OCH3 is 1. The Morgan fingerprint density at radius 3 is 2.32 bits per heavy atom. The highest BCUT2D eigenvalue weighted by Gasteiger charge is 2.33. The highest BCUT2D eigenvalue weighted by molar-refractivity contribution is 5.87. The lowest BCUT2D eigenvalue weighted by molar-refractivity contribution is -0.137. The van der Waals surface area contributed by atoms with Gasteiger partial charge in [0.05, 0.1) is 19.7 Å². The number of fused-ring (bicyclic) bond motifs is 1. The number of hydrogen-bond donors (Lipinski definition) is 0. The lowest BCUT2D eigenvalue weighted by Crippen LogP contribution is -2.32. The van der Waals surface area contributed by atoms with E-state index in [4.69, 9.17) is 9.72 Å². The maximum Gasteiger partial charge on any atom is 0.416 e. The van der Waals surface area contributed by atoms with E-state index in [-0.39, 0.29) is 6.54 Å². The Morgan fingerprint density at radius 1 is 0.976 bits per heavy atom. The molecule has 0 spiro atoms. The monoisotopic (exact) mass is 565 g/mol. The van der Waals surface area contributed by atoms with E-state index in [1.54, 1.807) is 27.1 Å². The van der Waals surface area contributed by atoms with E-state index < -0.39 is 11.7 Å². The summed E-state index contributed by atoms with van der Waals surface area (Å²) in [5, 5.41) is 13.6. The van der Waals surface area contributed by atoms with Gasteiger partial charge >= 0.3 is 6.18 Å². The number of alkyl halides is 3. The first-order chi connectivity index (χ1) is 19.7. The minimum atomic E-state index is -4.43. The van der Waals surface area contributed by atoms with Gasteiger partial charge in [0.15, 0.2) is 0 Å². The lowest BCUT2D eigenvalue weighted by atomic mass is 10.0. The van der Waals surface area contributed by atoms with Gasteiger partial charge in [0, 0.05) is 37.1 Å². The lowest BCUT2D eigenvalue weighted by Gasteiger charge is -2.29. The summed E-state index contributed by atoms with van der Waals surface area (Å²) >= 11 is 0. The van der Waals surface area contributed by atoms with Crippen molar-refractivity contribution >= 4 is 22.7 Å². The van der Waals surface area contributed by atoms with E-state index in [1.165, 1.54) is 42.6 Å². The topological polar surface area (TPSA) is 72.2 Å². The molecule has 0 atom stereocenters. The fourth-order valence-electron chi connectivity index (χ4n) is 5.37. The number of aryl methyl sites for hydroxylation is 2. The number of nitrogens with zero attached hydrogens (tertiary/aromatic N) is 7. The highest BCUT2D eigenvalue weighted by Crippen LogP contribution is 2.38. The molecule has 0 unspecified atom stereocenters. The van der Waals surface area contributed by atoms with E-state index in [2.05, 4.69) is 26.4 Å². The summed E-state index contributed by atoms with van der Waals surface area (Å²) in [5.74, 6) is 3.25. The zero-order valence-corrected chi connectivity index (χ0v) is 23.5. The molecule has 2 fully saturated rings. The molecule has 0 radical (unpaired) electrons. The number of ether oxygens (including phenoxy) is 1. The first-order valence-corrected chi connectivity index (χ1v) is 14.0. The normalized spacial score (nSPS) is 15.4.